The van der Waals surface area contributed by atoms with Gasteiger partial charge in [-0.2, -0.15) is 0 Å². The minimum absolute atomic E-state index is 0.0498. The van der Waals surface area contributed by atoms with Crippen molar-refractivity contribution in [2.45, 2.75) is 38.1 Å². The predicted octanol–water partition coefficient (Wildman–Crippen LogP) is 2.18. The van der Waals surface area contributed by atoms with E-state index in [1.54, 1.807) is 0 Å². The van der Waals surface area contributed by atoms with Crippen LogP contribution in [0.5, 0.6) is 0 Å². The van der Waals surface area contributed by atoms with Gasteiger partial charge >= 0.3 is 0 Å². The Morgan fingerprint density at radius 3 is 2.87 bits per heavy atom. The van der Waals surface area contributed by atoms with Gasteiger partial charge in [-0.1, -0.05) is 18.2 Å². The van der Waals surface area contributed by atoms with Crippen LogP contribution in [0.15, 0.2) is 30.5 Å². The molecule has 1 atom stereocenters. The molecule has 1 saturated heterocycles. The third-order valence-corrected chi connectivity index (χ3v) is 6.37. The molecule has 0 radical (unpaired) electrons. The molecule has 1 aromatic carbocycles. The van der Waals surface area contributed by atoms with E-state index in [-0.39, 0.29) is 17.4 Å². The highest BCUT2D eigenvalue weighted by molar-refractivity contribution is 7.91. The molecule has 1 fully saturated rings. The fourth-order valence-corrected chi connectivity index (χ4v) is 5.38. The van der Waals surface area contributed by atoms with E-state index in [9.17, 15) is 13.2 Å². The first-order valence-electron chi connectivity index (χ1n) is 7.93. The van der Waals surface area contributed by atoms with Crippen molar-refractivity contribution in [3.8, 4) is 0 Å². The van der Waals surface area contributed by atoms with Crippen LogP contribution in [0.2, 0.25) is 0 Å². The Morgan fingerprint density at radius 2 is 2.13 bits per heavy atom. The highest BCUT2D eigenvalue weighted by Gasteiger charge is 2.39. The summed E-state index contributed by atoms with van der Waals surface area (Å²) in [6, 6.07) is 8.11. The van der Waals surface area contributed by atoms with Crippen LogP contribution in [0.1, 0.15) is 31.7 Å². The molecular weight excluding hydrogens is 312 g/mol. The van der Waals surface area contributed by atoms with Crippen molar-refractivity contribution in [3.63, 3.8) is 0 Å². The topological polar surface area (TPSA) is 79.0 Å². The second-order valence-electron chi connectivity index (χ2n) is 6.66. The number of hydrogen-bond acceptors (Lipinski definition) is 3. The zero-order chi connectivity index (χ0) is 16.5. The molecule has 6 heteroatoms. The van der Waals surface area contributed by atoms with Crippen LogP contribution in [0, 0.1) is 0 Å². The van der Waals surface area contributed by atoms with Gasteiger partial charge in [-0.15, -0.1) is 0 Å². The van der Waals surface area contributed by atoms with Crippen LogP contribution in [0.25, 0.3) is 10.9 Å². The molecule has 5 nitrogen and oxygen atoms in total. The lowest BCUT2D eigenvalue weighted by atomic mass is 10.0. The van der Waals surface area contributed by atoms with E-state index in [2.05, 4.69) is 16.4 Å². The Labute approximate surface area is 136 Å². The van der Waals surface area contributed by atoms with Crippen LogP contribution in [0.3, 0.4) is 0 Å². The molecule has 23 heavy (non-hydrogen) atoms. The Morgan fingerprint density at radius 1 is 1.35 bits per heavy atom. The molecule has 124 valence electrons. The van der Waals surface area contributed by atoms with Crippen LogP contribution in [-0.2, 0) is 21.1 Å². The van der Waals surface area contributed by atoms with Crippen LogP contribution in [-0.4, -0.2) is 36.4 Å². The van der Waals surface area contributed by atoms with Gasteiger partial charge in [-0.3, -0.25) is 4.79 Å². The summed E-state index contributed by atoms with van der Waals surface area (Å²) in [5, 5.41) is 4.10. The minimum atomic E-state index is -3.00. The highest BCUT2D eigenvalue weighted by atomic mass is 32.2. The second-order valence-corrected chi connectivity index (χ2v) is 8.85. The van der Waals surface area contributed by atoms with Crippen molar-refractivity contribution < 1.29 is 13.2 Å². The van der Waals surface area contributed by atoms with E-state index in [1.165, 1.54) is 10.9 Å². The number of aromatic nitrogens is 1. The summed E-state index contributed by atoms with van der Waals surface area (Å²) in [6.45, 7) is 1.81. The molecule has 2 N–H and O–H groups in total. The van der Waals surface area contributed by atoms with Gasteiger partial charge < -0.3 is 10.3 Å². The normalized spacial score (nSPS) is 23.2. The molecular formula is C17H22N2O3S. The van der Waals surface area contributed by atoms with Crippen molar-refractivity contribution in [1.29, 1.82) is 0 Å². The lowest BCUT2D eigenvalue weighted by Gasteiger charge is -2.23. The minimum Gasteiger partial charge on any atom is -0.361 e. The molecule has 0 bridgehead atoms. The molecule has 0 aliphatic carbocycles. The fraction of sp³-hybridized carbons (Fsp3) is 0.471. The van der Waals surface area contributed by atoms with Crippen molar-refractivity contribution in [2.24, 2.45) is 0 Å². The number of carbonyl (C=O) groups is 1. The molecule has 1 unspecified atom stereocenters. The van der Waals surface area contributed by atoms with E-state index in [0.717, 1.165) is 18.4 Å². The zero-order valence-electron chi connectivity index (χ0n) is 13.3. The van der Waals surface area contributed by atoms with Crippen molar-refractivity contribution >= 4 is 26.6 Å². The van der Waals surface area contributed by atoms with Gasteiger partial charge in [-0.25, -0.2) is 8.42 Å². The number of benzene rings is 1. The maximum absolute atomic E-state index is 12.1. The number of nitrogens with one attached hydrogen (secondary N) is 2. The molecule has 0 spiro atoms. The predicted molar refractivity (Wildman–Crippen MR) is 91.1 cm³/mol. The smallest absolute Gasteiger partial charge is 0.220 e. The first kappa shape index (κ1) is 16.1. The van der Waals surface area contributed by atoms with E-state index in [0.29, 0.717) is 12.8 Å². The Hall–Kier alpha value is -1.82. The van der Waals surface area contributed by atoms with Crippen molar-refractivity contribution in [1.82, 2.24) is 10.3 Å². The number of aromatic amines is 1. The molecule has 1 amide bonds. The third-order valence-electron chi connectivity index (χ3n) is 4.47. The lowest BCUT2D eigenvalue weighted by molar-refractivity contribution is -0.122. The molecule has 0 saturated carbocycles. The summed E-state index contributed by atoms with van der Waals surface area (Å²) in [5.41, 5.74) is 1.72. The number of aryl methyl sites for hydroxylation is 1. The van der Waals surface area contributed by atoms with Gasteiger partial charge in [0.25, 0.3) is 0 Å². The molecule has 2 heterocycles. The first-order valence-corrected chi connectivity index (χ1v) is 9.76. The van der Waals surface area contributed by atoms with Gasteiger partial charge in [0.2, 0.25) is 5.91 Å². The second kappa shape index (κ2) is 6.00. The highest BCUT2D eigenvalue weighted by Crippen LogP contribution is 2.23. The Kier molecular flexibility index (Phi) is 4.19. The SMILES string of the molecule is CC1(NC(=O)CCCc2c[nH]c3ccccc23)CCS(=O)(=O)C1. The molecule has 3 rings (SSSR count). The van der Waals surface area contributed by atoms with E-state index in [4.69, 9.17) is 0 Å². The van der Waals surface area contributed by atoms with Crippen molar-refractivity contribution in [2.75, 3.05) is 11.5 Å². The summed E-state index contributed by atoms with van der Waals surface area (Å²) < 4.78 is 23.1. The third kappa shape index (κ3) is 3.75. The van der Waals surface area contributed by atoms with Gasteiger partial charge in [0.1, 0.15) is 0 Å². The maximum atomic E-state index is 12.1. The number of fused-ring (bicyclic) bond motifs is 1. The fourth-order valence-electron chi connectivity index (χ4n) is 3.29. The Bertz CT molecular complexity index is 825. The molecule has 1 aliphatic rings. The quantitative estimate of drug-likeness (QED) is 0.879. The largest absolute Gasteiger partial charge is 0.361 e. The van der Waals surface area contributed by atoms with Gasteiger partial charge in [-0.05, 0) is 37.8 Å². The number of amides is 1. The number of para-hydroxylation sites is 1. The van der Waals surface area contributed by atoms with Crippen LogP contribution >= 0.6 is 0 Å². The summed E-state index contributed by atoms with van der Waals surface area (Å²) in [5.74, 6) is 0.150. The number of rotatable bonds is 5. The molecule has 2 aromatic rings. The number of sulfone groups is 1. The number of carbonyl (C=O) groups excluding carboxylic acids is 1. The van der Waals surface area contributed by atoms with Crippen LogP contribution in [0.4, 0.5) is 0 Å². The summed E-state index contributed by atoms with van der Waals surface area (Å²) >= 11 is 0. The monoisotopic (exact) mass is 334 g/mol. The number of hydrogen-bond donors (Lipinski definition) is 2. The average Bonchev–Trinajstić information content (AvgIpc) is 3.00. The van der Waals surface area contributed by atoms with Gasteiger partial charge in [0.15, 0.2) is 9.84 Å². The standard InChI is InChI=1S/C17H22N2O3S/c1-17(9-10-23(21,22)12-17)19-16(20)8-4-5-13-11-18-15-7-3-2-6-14(13)15/h2-3,6-7,11,18H,4-5,8-10,12H2,1H3,(H,19,20). The maximum Gasteiger partial charge on any atom is 0.220 e. The summed E-state index contributed by atoms with van der Waals surface area (Å²) in [6.07, 6.45) is 4.48. The van der Waals surface area contributed by atoms with Gasteiger partial charge in [0, 0.05) is 23.5 Å². The molecule has 1 aromatic heterocycles. The zero-order valence-corrected chi connectivity index (χ0v) is 14.1. The van der Waals surface area contributed by atoms with Crippen molar-refractivity contribution in [3.05, 3.63) is 36.0 Å². The molecule has 1 aliphatic heterocycles. The first-order chi connectivity index (χ1) is 10.9. The van der Waals surface area contributed by atoms with E-state index in [1.807, 2.05) is 31.3 Å². The Balaban J connectivity index is 1.52. The number of H-pyrrole nitrogens is 1. The van der Waals surface area contributed by atoms with Gasteiger partial charge in [0.05, 0.1) is 17.0 Å². The van der Waals surface area contributed by atoms with Crippen LogP contribution < -0.4 is 5.32 Å². The summed E-state index contributed by atoms with van der Waals surface area (Å²) in [7, 11) is -3.00. The lowest BCUT2D eigenvalue weighted by Crippen LogP contribution is -2.46. The van der Waals surface area contributed by atoms with E-state index < -0.39 is 15.4 Å². The van der Waals surface area contributed by atoms with E-state index >= 15 is 0 Å². The summed E-state index contributed by atoms with van der Waals surface area (Å²) in [4.78, 5) is 15.3. The average molecular weight is 334 g/mol.